The van der Waals surface area contributed by atoms with Crippen molar-refractivity contribution in [2.24, 2.45) is 11.3 Å². The molecule has 1 aromatic rings. The van der Waals surface area contributed by atoms with Gasteiger partial charge in [-0.05, 0) is 35.9 Å². The molecule has 0 aliphatic carbocycles. The van der Waals surface area contributed by atoms with E-state index in [4.69, 9.17) is 0 Å². The standard InChI is InChI=1S/C15H22BrN/c1-11(2)15(3)8-9-17-10-13(15)12-6-4-5-7-14(12)16/h4-7,11,13,17H,8-10H2,1-3H3. The number of benzene rings is 1. The van der Waals surface area contributed by atoms with Gasteiger partial charge in [-0.2, -0.15) is 0 Å². The van der Waals surface area contributed by atoms with Crippen molar-refractivity contribution in [3.05, 3.63) is 34.3 Å². The molecule has 0 amide bonds. The lowest BCUT2D eigenvalue weighted by atomic mass is 9.63. The maximum absolute atomic E-state index is 3.70. The minimum atomic E-state index is 0.398. The highest BCUT2D eigenvalue weighted by atomic mass is 79.9. The van der Waals surface area contributed by atoms with Crippen molar-refractivity contribution in [1.82, 2.24) is 5.32 Å². The van der Waals surface area contributed by atoms with Crippen molar-refractivity contribution in [2.75, 3.05) is 13.1 Å². The first-order valence-electron chi connectivity index (χ1n) is 6.51. The van der Waals surface area contributed by atoms with Gasteiger partial charge in [0.25, 0.3) is 0 Å². The lowest BCUT2D eigenvalue weighted by molar-refractivity contribution is 0.120. The van der Waals surface area contributed by atoms with E-state index in [0.29, 0.717) is 17.3 Å². The third-order valence-electron chi connectivity index (χ3n) is 4.58. The van der Waals surface area contributed by atoms with Crippen molar-refractivity contribution in [3.63, 3.8) is 0 Å². The molecule has 0 saturated carbocycles. The summed E-state index contributed by atoms with van der Waals surface area (Å²) in [4.78, 5) is 0. The Hall–Kier alpha value is -0.340. The van der Waals surface area contributed by atoms with Gasteiger partial charge >= 0.3 is 0 Å². The molecular weight excluding hydrogens is 274 g/mol. The Morgan fingerprint density at radius 2 is 2.06 bits per heavy atom. The van der Waals surface area contributed by atoms with Gasteiger partial charge in [0.15, 0.2) is 0 Å². The van der Waals surface area contributed by atoms with Crippen LogP contribution < -0.4 is 5.32 Å². The van der Waals surface area contributed by atoms with Gasteiger partial charge in [0.2, 0.25) is 0 Å². The van der Waals surface area contributed by atoms with Gasteiger partial charge in [0.1, 0.15) is 0 Å². The van der Waals surface area contributed by atoms with E-state index in [1.54, 1.807) is 0 Å². The second-order valence-corrected chi connectivity index (χ2v) is 6.54. The van der Waals surface area contributed by atoms with Crippen LogP contribution in [0, 0.1) is 11.3 Å². The number of piperidine rings is 1. The molecule has 94 valence electrons. The number of nitrogens with one attached hydrogen (secondary N) is 1. The summed E-state index contributed by atoms with van der Waals surface area (Å²) in [6.07, 6.45) is 1.26. The number of halogens is 1. The zero-order chi connectivity index (χ0) is 12.5. The lowest BCUT2D eigenvalue weighted by Crippen LogP contribution is -2.44. The van der Waals surface area contributed by atoms with Crippen molar-refractivity contribution in [1.29, 1.82) is 0 Å². The molecule has 1 aliphatic heterocycles. The maximum atomic E-state index is 3.70. The Morgan fingerprint density at radius 1 is 1.35 bits per heavy atom. The van der Waals surface area contributed by atoms with Gasteiger partial charge in [-0.1, -0.05) is 54.9 Å². The molecule has 2 rings (SSSR count). The minimum absolute atomic E-state index is 0.398. The highest BCUT2D eigenvalue weighted by molar-refractivity contribution is 9.10. The van der Waals surface area contributed by atoms with Crippen molar-refractivity contribution in [3.8, 4) is 0 Å². The second-order valence-electron chi connectivity index (χ2n) is 5.69. The van der Waals surface area contributed by atoms with Gasteiger partial charge in [0.05, 0.1) is 0 Å². The van der Waals surface area contributed by atoms with Crippen LogP contribution in [-0.2, 0) is 0 Å². The smallest absolute Gasteiger partial charge is 0.0210 e. The van der Waals surface area contributed by atoms with Crippen molar-refractivity contribution in [2.45, 2.75) is 33.1 Å². The van der Waals surface area contributed by atoms with Crippen LogP contribution in [-0.4, -0.2) is 13.1 Å². The molecule has 1 heterocycles. The van der Waals surface area contributed by atoms with Crippen LogP contribution in [0.3, 0.4) is 0 Å². The third-order valence-corrected chi connectivity index (χ3v) is 5.31. The van der Waals surface area contributed by atoms with Gasteiger partial charge < -0.3 is 5.32 Å². The summed E-state index contributed by atoms with van der Waals surface area (Å²) in [7, 11) is 0. The number of hydrogen-bond donors (Lipinski definition) is 1. The van der Waals surface area contributed by atoms with Crippen LogP contribution in [0.5, 0.6) is 0 Å². The first-order chi connectivity index (χ1) is 8.05. The van der Waals surface area contributed by atoms with Crippen LogP contribution in [0.2, 0.25) is 0 Å². The molecule has 1 N–H and O–H groups in total. The molecule has 1 nitrogen and oxygen atoms in total. The Balaban J connectivity index is 2.38. The molecule has 1 aliphatic rings. The highest BCUT2D eigenvalue weighted by Gasteiger charge is 2.40. The van der Waals surface area contributed by atoms with Crippen LogP contribution in [0.1, 0.15) is 38.7 Å². The van der Waals surface area contributed by atoms with Crippen LogP contribution in [0.4, 0.5) is 0 Å². The normalized spacial score (nSPS) is 29.6. The van der Waals surface area contributed by atoms with Gasteiger partial charge in [-0.15, -0.1) is 0 Å². The summed E-state index contributed by atoms with van der Waals surface area (Å²) < 4.78 is 1.25. The fourth-order valence-electron chi connectivity index (χ4n) is 2.93. The third kappa shape index (κ3) is 2.43. The van der Waals surface area contributed by atoms with Gasteiger partial charge in [-0.3, -0.25) is 0 Å². The molecule has 0 radical (unpaired) electrons. The zero-order valence-electron chi connectivity index (χ0n) is 11.0. The summed E-state index contributed by atoms with van der Waals surface area (Å²) in [6.45, 7) is 9.40. The molecule has 0 aromatic heterocycles. The van der Waals surface area contributed by atoms with Gasteiger partial charge in [-0.25, -0.2) is 0 Å². The molecule has 2 unspecified atom stereocenters. The number of rotatable bonds is 2. The van der Waals surface area contributed by atoms with Crippen LogP contribution in [0.25, 0.3) is 0 Å². The van der Waals surface area contributed by atoms with E-state index >= 15 is 0 Å². The van der Waals surface area contributed by atoms with E-state index in [2.05, 4.69) is 66.3 Å². The summed E-state index contributed by atoms with van der Waals surface area (Å²) >= 11 is 3.70. The summed E-state index contributed by atoms with van der Waals surface area (Å²) in [5, 5.41) is 3.55. The molecule has 1 fully saturated rings. The largest absolute Gasteiger partial charge is 0.316 e. The second kappa shape index (κ2) is 5.11. The summed E-state index contributed by atoms with van der Waals surface area (Å²) in [5.41, 5.74) is 1.85. The molecule has 1 aromatic carbocycles. The minimum Gasteiger partial charge on any atom is -0.316 e. The topological polar surface area (TPSA) is 12.0 Å². The Labute approximate surface area is 113 Å². The molecule has 0 spiro atoms. The molecule has 2 heteroatoms. The van der Waals surface area contributed by atoms with Crippen molar-refractivity contribution >= 4 is 15.9 Å². The first kappa shape index (κ1) is 13.1. The van der Waals surface area contributed by atoms with E-state index in [9.17, 15) is 0 Å². The maximum Gasteiger partial charge on any atom is 0.0210 e. The van der Waals surface area contributed by atoms with E-state index < -0.39 is 0 Å². The Kier molecular flexibility index (Phi) is 3.94. The predicted octanol–water partition coefficient (Wildman–Crippen LogP) is 4.19. The SMILES string of the molecule is CC(C)C1(C)CCNCC1c1ccccc1Br. The molecule has 0 bridgehead atoms. The zero-order valence-corrected chi connectivity index (χ0v) is 12.5. The highest BCUT2D eigenvalue weighted by Crippen LogP contribution is 2.47. The number of hydrogen-bond acceptors (Lipinski definition) is 1. The fourth-order valence-corrected chi connectivity index (χ4v) is 3.49. The molecular formula is C15H22BrN. The summed E-state index contributed by atoms with van der Waals surface area (Å²) in [5.74, 6) is 1.31. The van der Waals surface area contributed by atoms with Crippen molar-refractivity contribution < 1.29 is 0 Å². The lowest BCUT2D eigenvalue weighted by Gasteiger charge is -2.45. The van der Waals surface area contributed by atoms with E-state index in [0.717, 1.165) is 13.1 Å². The predicted molar refractivity (Wildman–Crippen MR) is 77.3 cm³/mol. The van der Waals surface area contributed by atoms with Gasteiger partial charge in [0, 0.05) is 16.9 Å². The van der Waals surface area contributed by atoms with Crippen LogP contribution >= 0.6 is 15.9 Å². The Bertz CT molecular complexity index is 388. The first-order valence-corrected chi connectivity index (χ1v) is 7.30. The molecule has 2 atom stereocenters. The average Bonchev–Trinajstić information content (AvgIpc) is 2.31. The van der Waals surface area contributed by atoms with E-state index in [-0.39, 0.29) is 0 Å². The van der Waals surface area contributed by atoms with Crippen LogP contribution in [0.15, 0.2) is 28.7 Å². The Morgan fingerprint density at radius 3 is 2.71 bits per heavy atom. The average molecular weight is 296 g/mol. The monoisotopic (exact) mass is 295 g/mol. The van der Waals surface area contributed by atoms with E-state index in [1.165, 1.54) is 16.5 Å². The quantitative estimate of drug-likeness (QED) is 0.863. The molecule has 1 saturated heterocycles. The summed E-state index contributed by atoms with van der Waals surface area (Å²) in [6, 6.07) is 8.67. The fraction of sp³-hybridized carbons (Fsp3) is 0.600. The molecule has 17 heavy (non-hydrogen) atoms. The van der Waals surface area contributed by atoms with E-state index in [1.807, 2.05) is 0 Å².